The maximum Gasteiger partial charge on any atom is 0.0488 e. The first-order valence-corrected chi connectivity index (χ1v) is 9.02. The summed E-state index contributed by atoms with van der Waals surface area (Å²) in [6, 6.07) is 6.74. The SMILES string of the molecule is CCC(CC)N(CC(C)C)C(CN)c1cc(Br)ccc1Cl. The number of halogens is 2. The van der Waals surface area contributed by atoms with E-state index in [4.69, 9.17) is 17.3 Å². The van der Waals surface area contributed by atoms with E-state index >= 15 is 0 Å². The molecule has 0 saturated heterocycles. The third kappa shape index (κ3) is 5.24. The van der Waals surface area contributed by atoms with Gasteiger partial charge in [-0.1, -0.05) is 55.2 Å². The summed E-state index contributed by atoms with van der Waals surface area (Å²) in [5.74, 6) is 0.602. The van der Waals surface area contributed by atoms with Crippen molar-refractivity contribution in [1.82, 2.24) is 4.90 Å². The zero-order valence-electron chi connectivity index (χ0n) is 13.6. The lowest BCUT2D eigenvalue weighted by Crippen LogP contribution is -2.43. The lowest BCUT2D eigenvalue weighted by atomic mass is 9.99. The third-order valence-electron chi connectivity index (χ3n) is 3.93. The van der Waals surface area contributed by atoms with Crippen molar-refractivity contribution in [3.05, 3.63) is 33.3 Å². The van der Waals surface area contributed by atoms with E-state index in [2.05, 4.69) is 54.6 Å². The van der Waals surface area contributed by atoms with Crippen LogP contribution in [0.4, 0.5) is 0 Å². The molecule has 1 aromatic rings. The van der Waals surface area contributed by atoms with E-state index in [1.165, 1.54) is 0 Å². The molecule has 2 N–H and O–H groups in total. The molecule has 0 radical (unpaired) electrons. The Bertz CT molecular complexity index is 433. The highest BCUT2D eigenvalue weighted by Crippen LogP contribution is 2.32. The van der Waals surface area contributed by atoms with Gasteiger partial charge in [0.25, 0.3) is 0 Å². The summed E-state index contributed by atoms with van der Waals surface area (Å²) >= 11 is 9.99. The van der Waals surface area contributed by atoms with E-state index in [0.717, 1.165) is 34.4 Å². The molecule has 0 saturated carbocycles. The molecule has 0 bridgehead atoms. The number of nitrogens with two attached hydrogens (primary N) is 1. The normalized spacial score (nSPS) is 13.4. The number of hydrogen-bond donors (Lipinski definition) is 1. The third-order valence-corrected chi connectivity index (χ3v) is 4.77. The van der Waals surface area contributed by atoms with Crippen LogP contribution in [0.3, 0.4) is 0 Å². The van der Waals surface area contributed by atoms with Crippen LogP contribution in [0.5, 0.6) is 0 Å². The molecule has 0 fully saturated rings. The Morgan fingerprint density at radius 3 is 2.33 bits per heavy atom. The van der Waals surface area contributed by atoms with Gasteiger partial charge >= 0.3 is 0 Å². The number of hydrogen-bond acceptors (Lipinski definition) is 2. The van der Waals surface area contributed by atoms with Gasteiger partial charge in [-0.05, 0) is 42.5 Å². The molecular formula is C17H28BrClN2. The van der Waals surface area contributed by atoms with Crippen LogP contribution in [-0.4, -0.2) is 24.0 Å². The zero-order valence-corrected chi connectivity index (χ0v) is 15.9. The van der Waals surface area contributed by atoms with Crippen molar-refractivity contribution >= 4 is 27.5 Å². The van der Waals surface area contributed by atoms with Gasteiger partial charge in [0.2, 0.25) is 0 Å². The van der Waals surface area contributed by atoms with Crippen molar-refractivity contribution in [2.75, 3.05) is 13.1 Å². The van der Waals surface area contributed by atoms with Gasteiger partial charge in [0.15, 0.2) is 0 Å². The van der Waals surface area contributed by atoms with Crippen molar-refractivity contribution in [3.63, 3.8) is 0 Å². The predicted molar refractivity (Wildman–Crippen MR) is 96.9 cm³/mol. The van der Waals surface area contributed by atoms with Crippen LogP contribution in [0, 0.1) is 5.92 Å². The molecule has 0 amide bonds. The van der Waals surface area contributed by atoms with Crippen molar-refractivity contribution < 1.29 is 0 Å². The Balaban J connectivity index is 3.19. The van der Waals surface area contributed by atoms with E-state index in [9.17, 15) is 0 Å². The van der Waals surface area contributed by atoms with E-state index in [1.807, 2.05) is 12.1 Å². The summed E-state index contributed by atoms with van der Waals surface area (Å²) in [7, 11) is 0. The molecule has 1 rings (SSSR count). The van der Waals surface area contributed by atoms with Crippen molar-refractivity contribution in [3.8, 4) is 0 Å². The quantitative estimate of drug-likeness (QED) is 0.672. The summed E-state index contributed by atoms with van der Waals surface area (Å²) in [4.78, 5) is 2.54. The maximum absolute atomic E-state index is 6.44. The number of rotatable bonds is 8. The second kappa shape index (κ2) is 9.14. The molecule has 0 spiro atoms. The second-order valence-electron chi connectivity index (χ2n) is 5.98. The standard InChI is InChI=1S/C17H28BrClN2/c1-5-14(6-2)21(11-12(3)4)17(10-20)15-9-13(18)7-8-16(15)19/h7-9,12,14,17H,5-6,10-11,20H2,1-4H3. The van der Waals surface area contributed by atoms with Gasteiger partial charge < -0.3 is 5.73 Å². The van der Waals surface area contributed by atoms with Gasteiger partial charge in [-0.25, -0.2) is 0 Å². The molecule has 1 aromatic carbocycles. The van der Waals surface area contributed by atoms with E-state index in [0.29, 0.717) is 18.5 Å². The van der Waals surface area contributed by atoms with Gasteiger partial charge in [-0.15, -0.1) is 0 Å². The van der Waals surface area contributed by atoms with Crippen molar-refractivity contribution in [1.29, 1.82) is 0 Å². The Morgan fingerprint density at radius 2 is 1.86 bits per heavy atom. The highest BCUT2D eigenvalue weighted by Gasteiger charge is 2.27. The van der Waals surface area contributed by atoms with Crippen LogP contribution >= 0.6 is 27.5 Å². The van der Waals surface area contributed by atoms with Gasteiger partial charge in [0.1, 0.15) is 0 Å². The molecule has 1 unspecified atom stereocenters. The van der Waals surface area contributed by atoms with Crippen LogP contribution < -0.4 is 5.73 Å². The minimum Gasteiger partial charge on any atom is -0.329 e. The first kappa shape index (κ1) is 19.0. The van der Waals surface area contributed by atoms with Crippen LogP contribution in [0.15, 0.2) is 22.7 Å². The van der Waals surface area contributed by atoms with Gasteiger partial charge in [0.05, 0.1) is 0 Å². The van der Waals surface area contributed by atoms with Crippen LogP contribution in [0.25, 0.3) is 0 Å². The fourth-order valence-corrected chi connectivity index (χ4v) is 3.54. The van der Waals surface area contributed by atoms with Crippen LogP contribution in [-0.2, 0) is 0 Å². The van der Waals surface area contributed by atoms with Crippen molar-refractivity contribution in [2.24, 2.45) is 11.7 Å². The van der Waals surface area contributed by atoms with Crippen LogP contribution in [0.1, 0.15) is 52.1 Å². The molecule has 0 aliphatic rings. The number of benzene rings is 1. The first-order chi connectivity index (χ1) is 9.94. The summed E-state index contributed by atoms with van der Waals surface area (Å²) in [5.41, 5.74) is 7.26. The van der Waals surface area contributed by atoms with Crippen LogP contribution in [0.2, 0.25) is 5.02 Å². The minimum absolute atomic E-state index is 0.169. The molecule has 21 heavy (non-hydrogen) atoms. The average molecular weight is 376 g/mol. The molecule has 120 valence electrons. The summed E-state index contributed by atoms with van der Waals surface area (Å²) in [6.07, 6.45) is 2.26. The van der Waals surface area contributed by atoms with E-state index in [1.54, 1.807) is 0 Å². The fourth-order valence-electron chi connectivity index (χ4n) is 2.92. The Kier molecular flexibility index (Phi) is 8.25. The Labute approximate surface area is 143 Å². The topological polar surface area (TPSA) is 29.3 Å². The second-order valence-corrected chi connectivity index (χ2v) is 7.30. The Hall–Kier alpha value is -0.0900. The van der Waals surface area contributed by atoms with Gasteiger partial charge in [-0.2, -0.15) is 0 Å². The monoisotopic (exact) mass is 374 g/mol. The lowest BCUT2D eigenvalue weighted by molar-refractivity contribution is 0.112. The first-order valence-electron chi connectivity index (χ1n) is 7.85. The molecule has 0 aromatic heterocycles. The highest BCUT2D eigenvalue weighted by molar-refractivity contribution is 9.10. The Morgan fingerprint density at radius 1 is 1.24 bits per heavy atom. The molecule has 0 aliphatic carbocycles. The fraction of sp³-hybridized carbons (Fsp3) is 0.647. The summed E-state index contributed by atoms with van der Waals surface area (Å²) in [5, 5.41) is 0.799. The average Bonchev–Trinajstić information content (AvgIpc) is 2.44. The van der Waals surface area contributed by atoms with E-state index < -0.39 is 0 Å². The summed E-state index contributed by atoms with van der Waals surface area (Å²) in [6.45, 7) is 10.6. The smallest absolute Gasteiger partial charge is 0.0488 e. The zero-order chi connectivity index (χ0) is 16.0. The molecule has 4 heteroatoms. The van der Waals surface area contributed by atoms with Crippen molar-refractivity contribution in [2.45, 2.75) is 52.6 Å². The molecule has 2 nitrogen and oxygen atoms in total. The molecule has 0 aliphatic heterocycles. The largest absolute Gasteiger partial charge is 0.329 e. The van der Waals surface area contributed by atoms with Gasteiger partial charge in [0, 0.05) is 34.7 Å². The van der Waals surface area contributed by atoms with Gasteiger partial charge in [-0.3, -0.25) is 4.90 Å². The molecular weight excluding hydrogens is 348 g/mol. The summed E-state index contributed by atoms with van der Waals surface area (Å²) < 4.78 is 1.05. The molecule has 0 heterocycles. The minimum atomic E-state index is 0.169. The highest BCUT2D eigenvalue weighted by atomic mass is 79.9. The lowest BCUT2D eigenvalue weighted by Gasteiger charge is -2.39. The predicted octanol–water partition coefficient (Wildman–Crippen LogP) is 5.25. The number of nitrogens with zero attached hydrogens (tertiary/aromatic N) is 1. The molecule has 1 atom stereocenters. The maximum atomic E-state index is 6.44. The van der Waals surface area contributed by atoms with E-state index in [-0.39, 0.29) is 6.04 Å².